The maximum absolute atomic E-state index is 11.4. The molecule has 3 heteroatoms. The van der Waals surface area contributed by atoms with Crippen LogP contribution in [0.3, 0.4) is 0 Å². The van der Waals surface area contributed by atoms with Crippen molar-refractivity contribution in [3.05, 3.63) is 35.9 Å². The first-order chi connectivity index (χ1) is 5.99. The van der Waals surface area contributed by atoms with Crippen LogP contribution in [0, 0.1) is 0 Å². The van der Waals surface area contributed by atoms with Crippen molar-refractivity contribution >= 4 is 18.4 Å². The van der Waals surface area contributed by atoms with Crippen LogP contribution in [0.5, 0.6) is 0 Å². The molecular formula is C11H15ClO2. The fourth-order valence-electron chi connectivity index (χ4n) is 0.911. The summed E-state index contributed by atoms with van der Waals surface area (Å²) in [6, 6.07) is 8.99. The Morgan fingerprint density at radius 3 is 2.07 bits per heavy atom. The third-order valence-electron chi connectivity index (χ3n) is 1.41. The molecule has 78 valence electrons. The minimum atomic E-state index is -0.424. The van der Waals surface area contributed by atoms with Crippen LogP contribution in [0.4, 0.5) is 0 Å². The molecule has 14 heavy (non-hydrogen) atoms. The molecule has 0 bridgehead atoms. The van der Waals surface area contributed by atoms with Crippen molar-refractivity contribution < 1.29 is 9.53 Å². The third-order valence-corrected chi connectivity index (χ3v) is 1.41. The molecule has 0 spiro atoms. The van der Waals surface area contributed by atoms with Gasteiger partial charge in [0.25, 0.3) is 0 Å². The zero-order valence-electron chi connectivity index (χ0n) is 8.61. The van der Waals surface area contributed by atoms with E-state index in [1.165, 1.54) is 0 Å². The Hall–Kier alpha value is -1.02. The van der Waals surface area contributed by atoms with Gasteiger partial charge in [-0.05, 0) is 32.9 Å². The molecule has 1 rings (SSSR count). The maximum atomic E-state index is 11.4. The zero-order chi connectivity index (χ0) is 9.90. The molecule has 0 aliphatic carbocycles. The standard InChI is InChI=1S/C11H14O2.ClH/c1-11(2,3)13-10(12)9-7-5-4-6-8-9;/h4-8H,1-3H3;1H. The van der Waals surface area contributed by atoms with Crippen LogP contribution in [0.15, 0.2) is 30.3 Å². The van der Waals surface area contributed by atoms with Crippen LogP contribution in [0.1, 0.15) is 31.1 Å². The molecule has 1 aromatic carbocycles. The Labute approximate surface area is 90.7 Å². The lowest BCUT2D eigenvalue weighted by atomic mass is 10.2. The van der Waals surface area contributed by atoms with Crippen molar-refractivity contribution in [3.63, 3.8) is 0 Å². The summed E-state index contributed by atoms with van der Waals surface area (Å²) in [4.78, 5) is 11.4. The summed E-state index contributed by atoms with van der Waals surface area (Å²) in [6.07, 6.45) is 0. The quantitative estimate of drug-likeness (QED) is 0.672. The van der Waals surface area contributed by atoms with Crippen molar-refractivity contribution in [1.29, 1.82) is 0 Å². The van der Waals surface area contributed by atoms with Gasteiger partial charge in [0, 0.05) is 0 Å². The Bertz CT molecular complexity index is 288. The van der Waals surface area contributed by atoms with Crippen LogP contribution in [-0.2, 0) is 4.74 Å². The molecule has 0 saturated heterocycles. The van der Waals surface area contributed by atoms with Gasteiger partial charge in [-0.15, -0.1) is 12.4 Å². The summed E-state index contributed by atoms with van der Waals surface area (Å²) in [6.45, 7) is 5.56. The molecule has 0 fully saturated rings. The molecule has 0 aliphatic heterocycles. The highest BCUT2D eigenvalue weighted by Gasteiger charge is 2.16. The second kappa shape index (κ2) is 5.01. The lowest BCUT2D eigenvalue weighted by Crippen LogP contribution is -2.23. The van der Waals surface area contributed by atoms with Gasteiger partial charge in [0.2, 0.25) is 0 Å². The van der Waals surface area contributed by atoms with Gasteiger partial charge < -0.3 is 4.74 Å². The summed E-state index contributed by atoms with van der Waals surface area (Å²) in [5.74, 6) is -0.270. The number of ether oxygens (including phenoxy) is 1. The molecular weight excluding hydrogens is 200 g/mol. The van der Waals surface area contributed by atoms with E-state index in [1.54, 1.807) is 12.1 Å². The zero-order valence-corrected chi connectivity index (χ0v) is 9.43. The highest BCUT2D eigenvalue weighted by molar-refractivity contribution is 5.89. The summed E-state index contributed by atoms with van der Waals surface area (Å²) >= 11 is 0. The second-order valence-corrected chi connectivity index (χ2v) is 3.87. The van der Waals surface area contributed by atoms with Gasteiger partial charge >= 0.3 is 5.97 Å². The number of esters is 1. The first-order valence-corrected chi connectivity index (χ1v) is 4.27. The van der Waals surface area contributed by atoms with Gasteiger partial charge in [0.15, 0.2) is 0 Å². The minimum absolute atomic E-state index is 0. The fourth-order valence-corrected chi connectivity index (χ4v) is 0.911. The Kier molecular flexibility index (Phi) is 4.64. The number of halogens is 1. The van der Waals surface area contributed by atoms with Crippen LogP contribution in [0.2, 0.25) is 0 Å². The van der Waals surface area contributed by atoms with Crippen LogP contribution in [-0.4, -0.2) is 11.6 Å². The average Bonchev–Trinajstić information content (AvgIpc) is 2.03. The number of benzene rings is 1. The van der Waals surface area contributed by atoms with E-state index in [9.17, 15) is 4.79 Å². The fraction of sp³-hybridized carbons (Fsp3) is 0.364. The Morgan fingerprint density at radius 1 is 1.14 bits per heavy atom. The van der Waals surface area contributed by atoms with E-state index in [-0.39, 0.29) is 18.4 Å². The Morgan fingerprint density at radius 2 is 1.64 bits per heavy atom. The van der Waals surface area contributed by atoms with Gasteiger partial charge in [-0.1, -0.05) is 18.2 Å². The van der Waals surface area contributed by atoms with Crippen molar-refractivity contribution in [2.24, 2.45) is 0 Å². The van der Waals surface area contributed by atoms with Crippen molar-refractivity contribution in [2.75, 3.05) is 0 Å². The van der Waals surface area contributed by atoms with Crippen molar-refractivity contribution in [1.82, 2.24) is 0 Å². The van der Waals surface area contributed by atoms with Crippen LogP contribution < -0.4 is 0 Å². The molecule has 0 unspecified atom stereocenters. The Balaban J connectivity index is 0.00000169. The normalized spacial score (nSPS) is 10.2. The molecule has 0 heterocycles. The van der Waals surface area contributed by atoms with E-state index < -0.39 is 5.60 Å². The highest BCUT2D eigenvalue weighted by Crippen LogP contribution is 2.11. The summed E-state index contributed by atoms with van der Waals surface area (Å²) in [5, 5.41) is 0. The topological polar surface area (TPSA) is 26.3 Å². The van der Waals surface area contributed by atoms with Crippen molar-refractivity contribution in [3.8, 4) is 0 Å². The predicted octanol–water partition coefficient (Wildman–Crippen LogP) is 3.06. The summed E-state index contributed by atoms with van der Waals surface area (Å²) < 4.78 is 5.18. The molecule has 0 aliphatic rings. The molecule has 0 aromatic heterocycles. The maximum Gasteiger partial charge on any atom is 0.338 e. The molecule has 0 saturated carbocycles. The van der Waals surface area contributed by atoms with Crippen molar-refractivity contribution in [2.45, 2.75) is 26.4 Å². The van der Waals surface area contributed by atoms with Gasteiger partial charge in [-0.3, -0.25) is 0 Å². The highest BCUT2D eigenvalue weighted by atomic mass is 35.5. The number of carbonyl (C=O) groups is 1. The number of hydrogen-bond acceptors (Lipinski definition) is 2. The monoisotopic (exact) mass is 214 g/mol. The average molecular weight is 215 g/mol. The summed E-state index contributed by atoms with van der Waals surface area (Å²) in [5.41, 5.74) is 0.171. The van der Waals surface area contributed by atoms with Crippen LogP contribution >= 0.6 is 12.4 Å². The summed E-state index contributed by atoms with van der Waals surface area (Å²) in [7, 11) is 0. The SMILES string of the molecule is CC(C)(C)OC(=O)c1ccccc1.Cl. The predicted molar refractivity (Wildman–Crippen MR) is 58.9 cm³/mol. The van der Waals surface area contributed by atoms with E-state index in [0.29, 0.717) is 5.56 Å². The smallest absolute Gasteiger partial charge is 0.338 e. The molecule has 1 aromatic rings. The lowest BCUT2D eigenvalue weighted by molar-refractivity contribution is 0.00696. The minimum Gasteiger partial charge on any atom is -0.456 e. The van der Waals surface area contributed by atoms with Gasteiger partial charge in [-0.2, -0.15) is 0 Å². The van der Waals surface area contributed by atoms with Crippen LogP contribution in [0.25, 0.3) is 0 Å². The van der Waals surface area contributed by atoms with E-state index >= 15 is 0 Å². The second-order valence-electron chi connectivity index (χ2n) is 3.87. The van der Waals surface area contributed by atoms with Gasteiger partial charge in [0.05, 0.1) is 5.56 Å². The van der Waals surface area contributed by atoms with E-state index in [4.69, 9.17) is 4.74 Å². The van der Waals surface area contributed by atoms with Gasteiger partial charge in [-0.25, -0.2) is 4.79 Å². The largest absolute Gasteiger partial charge is 0.456 e. The molecule has 0 amide bonds. The van der Waals surface area contributed by atoms with E-state index in [1.807, 2.05) is 39.0 Å². The third kappa shape index (κ3) is 4.28. The lowest BCUT2D eigenvalue weighted by Gasteiger charge is -2.19. The van der Waals surface area contributed by atoms with Gasteiger partial charge in [0.1, 0.15) is 5.60 Å². The molecule has 0 N–H and O–H groups in total. The van der Waals surface area contributed by atoms with E-state index in [2.05, 4.69) is 0 Å². The molecule has 2 nitrogen and oxygen atoms in total. The molecule has 0 radical (unpaired) electrons. The number of carbonyl (C=O) groups excluding carboxylic acids is 1. The number of rotatable bonds is 1. The first kappa shape index (κ1) is 13.0. The molecule has 0 atom stereocenters. The van der Waals surface area contributed by atoms with E-state index in [0.717, 1.165) is 0 Å². The number of hydrogen-bond donors (Lipinski definition) is 0. The first-order valence-electron chi connectivity index (χ1n) is 4.27.